The summed E-state index contributed by atoms with van der Waals surface area (Å²) < 4.78 is 5.53. The van der Waals surface area contributed by atoms with Crippen LogP contribution in [-0.4, -0.2) is 67.8 Å². The van der Waals surface area contributed by atoms with Gasteiger partial charge in [-0.3, -0.25) is 4.79 Å². The zero-order chi connectivity index (χ0) is 38.9. The van der Waals surface area contributed by atoms with Crippen LogP contribution in [0.25, 0.3) is 0 Å². The molecule has 1 N–H and O–H groups in total. The van der Waals surface area contributed by atoms with Crippen LogP contribution >= 0.6 is 12.2 Å². The minimum atomic E-state index is 0.000459. The van der Waals surface area contributed by atoms with E-state index < -0.39 is 0 Å². The monoisotopic (exact) mass is 766 g/mol. The molecule has 0 rings (SSSR count). The van der Waals surface area contributed by atoms with Gasteiger partial charge in [-0.25, -0.2) is 0 Å². The average Bonchev–Trinajstić information content (AvgIpc) is 3.15. The van der Waals surface area contributed by atoms with Gasteiger partial charge in [0.05, 0.1) is 6.61 Å². The summed E-state index contributed by atoms with van der Waals surface area (Å²) >= 11 is 5.42. The van der Waals surface area contributed by atoms with Gasteiger partial charge in [-0.05, 0) is 69.9 Å². The number of hydrogen-bond acceptors (Lipinski definition) is 4. The van der Waals surface area contributed by atoms with E-state index in [2.05, 4.69) is 31.0 Å². The maximum Gasteiger partial charge on any atom is 0.305 e. The predicted octanol–water partition coefficient (Wildman–Crippen LogP) is 14.2. The number of thiocarbonyl (C=S) groups is 1. The highest BCUT2D eigenvalue weighted by Crippen LogP contribution is 2.25. The smallest absolute Gasteiger partial charge is 0.305 e. The highest BCUT2D eigenvalue weighted by atomic mass is 32.1. The van der Waals surface area contributed by atoms with Crippen molar-refractivity contribution in [1.29, 1.82) is 0 Å². The standard InChI is InChI=1S/C47H95N3O2S/c1-6-9-12-15-18-19-20-26-34-44-52-46(51)39-31-27-33-42-50(43-35-40-48-47(53)49(4)5)41-32-25-21-24-30-38-45(36-28-22-16-13-10-7-2)37-29-23-17-14-11-8-3/h45H,6-44H2,1-5H3,(H,48,53). The van der Waals surface area contributed by atoms with Crippen LogP contribution in [0, 0.1) is 5.92 Å². The molecule has 0 aliphatic heterocycles. The average molecular weight is 766 g/mol. The quantitative estimate of drug-likeness (QED) is 0.0379. The van der Waals surface area contributed by atoms with Crippen molar-refractivity contribution in [3.8, 4) is 0 Å². The molecule has 5 nitrogen and oxygen atoms in total. The second-order valence-corrected chi connectivity index (χ2v) is 17.1. The van der Waals surface area contributed by atoms with Gasteiger partial charge < -0.3 is 19.9 Å². The Kier molecular flexibility index (Phi) is 41.6. The number of ether oxygens (including phenoxy) is 1. The van der Waals surface area contributed by atoms with Crippen molar-refractivity contribution in [3.05, 3.63) is 0 Å². The minimum Gasteiger partial charge on any atom is -0.466 e. The van der Waals surface area contributed by atoms with E-state index in [9.17, 15) is 4.79 Å². The van der Waals surface area contributed by atoms with Gasteiger partial charge in [0.15, 0.2) is 5.11 Å². The SMILES string of the molecule is CCCCCCCCCCCOC(=O)CCCCCN(CCCCCCCC(CCCCCCCC)CCCCCCCC)CCCNC(=S)N(C)C. The molecule has 0 aromatic carbocycles. The maximum absolute atomic E-state index is 12.3. The molecule has 0 atom stereocenters. The highest BCUT2D eigenvalue weighted by Gasteiger charge is 2.10. The topological polar surface area (TPSA) is 44.8 Å². The van der Waals surface area contributed by atoms with Gasteiger partial charge in [0.2, 0.25) is 0 Å². The first-order valence-corrected chi connectivity index (χ1v) is 24.2. The third kappa shape index (κ3) is 39.2. The van der Waals surface area contributed by atoms with Crippen LogP contribution in [0.5, 0.6) is 0 Å². The van der Waals surface area contributed by atoms with Gasteiger partial charge in [0.1, 0.15) is 0 Å². The van der Waals surface area contributed by atoms with Crippen LogP contribution < -0.4 is 5.32 Å². The highest BCUT2D eigenvalue weighted by molar-refractivity contribution is 7.80. The van der Waals surface area contributed by atoms with Crippen molar-refractivity contribution in [2.45, 2.75) is 239 Å². The Morgan fingerprint density at radius 1 is 0.509 bits per heavy atom. The molecule has 0 unspecified atom stereocenters. The summed E-state index contributed by atoms with van der Waals surface area (Å²) in [6.45, 7) is 11.9. The number of carbonyl (C=O) groups excluding carboxylic acids is 1. The number of nitrogens with zero attached hydrogens (tertiary/aromatic N) is 2. The Morgan fingerprint density at radius 3 is 1.34 bits per heavy atom. The summed E-state index contributed by atoms with van der Waals surface area (Å²) in [6.07, 6.45) is 44.9. The lowest BCUT2D eigenvalue weighted by atomic mass is 9.89. The van der Waals surface area contributed by atoms with Crippen LogP contribution in [0.4, 0.5) is 0 Å². The number of hydrogen-bond donors (Lipinski definition) is 1. The van der Waals surface area contributed by atoms with Gasteiger partial charge >= 0.3 is 5.97 Å². The van der Waals surface area contributed by atoms with E-state index in [0.29, 0.717) is 13.0 Å². The summed E-state index contributed by atoms with van der Waals surface area (Å²) in [4.78, 5) is 16.9. The lowest BCUT2D eigenvalue weighted by Gasteiger charge is -2.23. The lowest BCUT2D eigenvalue weighted by molar-refractivity contribution is -0.143. The summed E-state index contributed by atoms with van der Waals surface area (Å²) in [6, 6.07) is 0. The molecule has 0 bridgehead atoms. The summed E-state index contributed by atoms with van der Waals surface area (Å²) in [5, 5.41) is 4.21. The van der Waals surface area contributed by atoms with Gasteiger partial charge in [-0.15, -0.1) is 0 Å². The molecule has 0 aliphatic carbocycles. The van der Waals surface area contributed by atoms with Crippen LogP contribution in [0.1, 0.15) is 239 Å². The van der Waals surface area contributed by atoms with E-state index in [-0.39, 0.29) is 5.97 Å². The fourth-order valence-electron chi connectivity index (χ4n) is 7.60. The Balaban J connectivity index is 4.34. The molecule has 0 saturated heterocycles. The molecule has 0 amide bonds. The van der Waals surface area contributed by atoms with E-state index in [1.807, 2.05) is 19.0 Å². The Bertz CT molecular complexity index is 748. The number of unbranched alkanes of at least 4 members (excludes halogenated alkanes) is 24. The van der Waals surface area contributed by atoms with Crippen LogP contribution in [-0.2, 0) is 9.53 Å². The number of esters is 1. The van der Waals surface area contributed by atoms with Crippen LogP contribution in [0.15, 0.2) is 0 Å². The van der Waals surface area contributed by atoms with Gasteiger partial charge in [-0.1, -0.05) is 201 Å². The molecule has 0 aromatic heterocycles. The van der Waals surface area contributed by atoms with Crippen molar-refractivity contribution in [1.82, 2.24) is 15.1 Å². The Hall–Kier alpha value is -0.880. The molecular formula is C47H95N3O2S. The first-order valence-electron chi connectivity index (χ1n) is 23.8. The molecule has 0 radical (unpaired) electrons. The molecule has 0 spiro atoms. The third-order valence-electron chi connectivity index (χ3n) is 11.2. The van der Waals surface area contributed by atoms with Crippen molar-refractivity contribution in [2.24, 2.45) is 5.92 Å². The molecule has 53 heavy (non-hydrogen) atoms. The Morgan fingerprint density at radius 2 is 0.887 bits per heavy atom. The predicted molar refractivity (Wildman–Crippen MR) is 239 cm³/mol. The molecular weight excluding hydrogens is 671 g/mol. The molecule has 316 valence electrons. The van der Waals surface area contributed by atoms with Gasteiger partial charge in [0, 0.05) is 27.1 Å². The summed E-state index contributed by atoms with van der Waals surface area (Å²) in [5.41, 5.74) is 0. The maximum atomic E-state index is 12.3. The number of carbonyl (C=O) groups is 1. The second-order valence-electron chi connectivity index (χ2n) is 16.7. The normalized spacial score (nSPS) is 11.5. The molecule has 0 aromatic rings. The first-order chi connectivity index (χ1) is 25.9. The molecule has 0 fully saturated rings. The fourth-order valence-corrected chi connectivity index (χ4v) is 7.70. The van der Waals surface area contributed by atoms with E-state index in [0.717, 1.165) is 62.8 Å². The van der Waals surface area contributed by atoms with Gasteiger partial charge in [0.25, 0.3) is 0 Å². The first kappa shape index (κ1) is 52.1. The number of rotatable bonds is 42. The molecule has 6 heteroatoms. The molecule has 0 saturated carbocycles. The van der Waals surface area contributed by atoms with Crippen molar-refractivity contribution >= 4 is 23.3 Å². The summed E-state index contributed by atoms with van der Waals surface area (Å²) in [5.74, 6) is 0.971. The summed E-state index contributed by atoms with van der Waals surface area (Å²) in [7, 11) is 4.00. The zero-order valence-electron chi connectivity index (χ0n) is 36.8. The minimum absolute atomic E-state index is 0.000459. The molecule has 0 aliphatic rings. The lowest BCUT2D eigenvalue weighted by Crippen LogP contribution is -2.36. The van der Waals surface area contributed by atoms with E-state index >= 15 is 0 Å². The van der Waals surface area contributed by atoms with Gasteiger partial charge in [-0.2, -0.15) is 0 Å². The van der Waals surface area contributed by atoms with E-state index in [4.69, 9.17) is 17.0 Å². The molecule has 0 heterocycles. The Labute approximate surface area is 338 Å². The van der Waals surface area contributed by atoms with Crippen molar-refractivity contribution in [2.75, 3.05) is 46.9 Å². The number of nitrogens with one attached hydrogen (secondary N) is 1. The zero-order valence-corrected chi connectivity index (χ0v) is 37.6. The van der Waals surface area contributed by atoms with E-state index in [1.165, 1.54) is 186 Å². The third-order valence-corrected chi connectivity index (χ3v) is 11.7. The van der Waals surface area contributed by atoms with Crippen LogP contribution in [0.2, 0.25) is 0 Å². The van der Waals surface area contributed by atoms with E-state index in [1.54, 1.807) is 0 Å². The largest absolute Gasteiger partial charge is 0.466 e. The van der Waals surface area contributed by atoms with Crippen molar-refractivity contribution in [3.63, 3.8) is 0 Å². The van der Waals surface area contributed by atoms with Crippen LogP contribution in [0.3, 0.4) is 0 Å². The fraction of sp³-hybridized carbons (Fsp3) is 0.957. The second kappa shape index (κ2) is 42.3. The van der Waals surface area contributed by atoms with Crippen molar-refractivity contribution < 1.29 is 9.53 Å².